The van der Waals surface area contributed by atoms with E-state index in [-0.39, 0.29) is 5.78 Å². The molecule has 2 rings (SSSR count). The van der Waals surface area contributed by atoms with E-state index in [0.29, 0.717) is 16.6 Å². The molecular formula is C13H8Br2INO. The van der Waals surface area contributed by atoms with E-state index in [4.69, 9.17) is 0 Å². The fourth-order valence-corrected chi connectivity index (χ4v) is 3.06. The minimum Gasteiger partial charge on any atom is -0.292 e. The van der Waals surface area contributed by atoms with Crippen LogP contribution in [0.2, 0.25) is 0 Å². The van der Waals surface area contributed by atoms with Gasteiger partial charge in [0.2, 0.25) is 0 Å². The lowest BCUT2D eigenvalue weighted by Crippen LogP contribution is -2.07. The molecule has 1 heterocycles. The number of benzene rings is 1. The molecule has 5 heteroatoms. The number of rotatable bonds is 3. The standard InChI is InChI=1S/C13H8Br2INO/c14-9-6-11(15)13(17-7-9)12(18)5-8-1-3-10(16)4-2-8/h1-4,6-7H,5H2. The first-order valence-electron chi connectivity index (χ1n) is 5.15. The minimum atomic E-state index is 0.00980. The molecule has 0 atom stereocenters. The molecule has 0 aliphatic carbocycles. The van der Waals surface area contributed by atoms with Crippen molar-refractivity contribution in [1.82, 2.24) is 4.98 Å². The average Bonchev–Trinajstić information content (AvgIpc) is 2.32. The average molecular weight is 481 g/mol. The van der Waals surface area contributed by atoms with Crippen molar-refractivity contribution in [3.63, 3.8) is 0 Å². The van der Waals surface area contributed by atoms with Crippen LogP contribution in [-0.4, -0.2) is 10.8 Å². The van der Waals surface area contributed by atoms with Gasteiger partial charge < -0.3 is 0 Å². The summed E-state index contributed by atoms with van der Waals surface area (Å²) >= 11 is 8.91. The Kier molecular flexibility index (Phi) is 4.91. The molecule has 2 aromatic rings. The lowest BCUT2D eigenvalue weighted by molar-refractivity contribution is 0.0987. The van der Waals surface area contributed by atoms with Gasteiger partial charge in [0.1, 0.15) is 5.69 Å². The molecule has 0 spiro atoms. The van der Waals surface area contributed by atoms with E-state index in [1.54, 1.807) is 6.20 Å². The van der Waals surface area contributed by atoms with Crippen LogP contribution in [-0.2, 0) is 6.42 Å². The number of nitrogens with zero attached hydrogens (tertiary/aromatic N) is 1. The van der Waals surface area contributed by atoms with E-state index >= 15 is 0 Å². The van der Waals surface area contributed by atoms with Crippen LogP contribution in [0, 0.1) is 3.57 Å². The number of hydrogen-bond donors (Lipinski definition) is 0. The first-order valence-corrected chi connectivity index (χ1v) is 7.81. The number of Topliss-reactive ketones (excluding diaryl/α,β-unsaturated/α-hetero) is 1. The highest BCUT2D eigenvalue weighted by atomic mass is 127. The van der Waals surface area contributed by atoms with Gasteiger partial charge in [-0.2, -0.15) is 0 Å². The fraction of sp³-hybridized carbons (Fsp3) is 0.0769. The second kappa shape index (κ2) is 6.25. The summed E-state index contributed by atoms with van der Waals surface area (Å²) in [6.07, 6.45) is 2.00. The van der Waals surface area contributed by atoms with Gasteiger partial charge in [-0.25, -0.2) is 0 Å². The van der Waals surface area contributed by atoms with Crippen molar-refractivity contribution in [3.05, 3.63) is 60.3 Å². The molecule has 0 aliphatic heterocycles. The Balaban J connectivity index is 2.19. The third-order valence-electron chi connectivity index (χ3n) is 2.35. The van der Waals surface area contributed by atoms with Gasteiger partial charge >= 0.3 is 0 Å². The topological polar surface area (TPSA) is 30.0 Å². The third-order valence-corrected chi connectivity index (χ3v) is 4.11. The van der Waals surface area contributed by atoms with Gasteiger partial charge in [-0.05, 0) is 78.2 Å². The number of hydrogen-bond acceptors (Lipinski definition) is 2. The molecule has 0 amide bonds. The monoisotopic (exact) mass is 479 g/mol. The summed E-state index contributed by atoms with van der Waals surface area (Å²) in [6.45, 7) is 0. The number of halogens is 3. The molecule has 1 aromatic heterocycles. The molecule has 18 heavy (non-hydrogen) atoms. The third kappa shape index (κ3) is 3.61. The molecule has 0 radical (unpaired) electrons. The number of ketones is 1. The molecule has 0 bridgehead atoms. The lowest BCUT2D eigenvalue weighted by atomic mass is 10.1. The van der Waals surface area contributed by atoms with Crippen molar-refractivity contribution in [2.45, 2.75) is 6.42 Å². The van der Waals surface area contributed by atoms with E-state index in [1.165, 1.54) is 0 Å². The summed E-state index contributed by atoms with van der Waals surface area (Å²) in [7, 11) is 0. The van der Waals surface area contributed by atoms with Crippen LogP contribution in [0.3, 0.4) is 0 Å². The number of aromatic nitrogens is 1. The molecule has 0 saturated heterocycles. The molecule has 0 saturated carbocycles. The van der Waals surface area contributed by atoms with Crippen LogP contribution in [0.5, 0.6) is 0 Å². The van der Waals surface area contributed by atoms with Crippen LogP contribution in [0.4, 0.5) is 0 Å². The summed E-state index contributed by atoms with van der Waals surface area (Å²) in [5.41, 5.74) is 1.47. The van der Waals surface area contributed by atoms with Crippen molar-refractivity contribution in [2.75, 3.05) is 0 Å². The maximum Gasteiger partial charge on any atom is 0.186 e. The normalized spacial score (nSPS) is 10.4. The summed E-state index contributed by atoms with van der Waals surface area (Å²) in [5, 5.41) is 0. The van der Waals surface area contributed by atoms with Crippen LogP contribution in [0.25, 0.3) is 0 Å². The van der Waals surface area contributed by atoms with Crippen molar-refractivity contribution in [2.24, 2.45) is 0 Å². The zero-order valence-corrected chi connectivity index (χ0v) is 14.5. The van der Waals surface area contributed by atoms with Gasteiger partial charge in [0.05, 0.1) is 0 Å². The second-order valence-corrected chi connectivity index (χ2v) is 6.73. The smallest absolute Gasteiger partial charge is 0.186 e. The molecule has 0 aliphatic rings. The Bertz CT molecular complexity index is 584. The Hall–Kier alpha value is -0.270. The maximum absolute atomic E-state index is 12.1. The van der Waals surface area contributed by atoms with Gasteiger partial charge in [-0.3, -0.25) is 9.78 Å². The van der Waals surface area contributed by atoms with Crippen molar-refractivity contribution < 1.29 is 4.79 Å². The number of carbonyl (C=O) groups is 1. The van der Waals surface area contributed by atoms with Crippen LogP contribution < -0.4 is 0 Å². The van der Waals surface area contributed by atoms with E-state index in [9.17, 15) is 4.79 Å². The van der Waals surface area contributed by atoms with E-state index in [1.807, 2.05) is 30.3 Å². The summed E-state index contributed by atoms with van der Waals surface area (Å²) in [5.74, 6) is 0.00980. The molecular weight excluding hydrogens is 473 g/mol. The van der Waals surface area contributed by atoms with Crippen molar-refractivity contribution in [3.8, 4) is 0 Å². The number of carbonyl (C=O) groups excluding carboxylic acids is 1. The quantitative estimate of drug-likeness (QED) is 0.473. The number of pyridine rings is 1. The van der Waals surface area contributed by atoms with Gasteiger partial charge in [-0.1, -0.05) is 12.1 Å². The van der Waals surface area contributed by atoms with Crippen molar-refractivity contribution in [1.29, 1.82) is 0 Å². The Morgan fingerprint density at radius 2 is 1.89 bits per heavy atom. The predicted molar refractivity (Wildman–Crippen MR) is 86.8 cm³/mol. The largest absolute Gasteiger partial charge is 0.292 e. The van der Waals surface area contributed by atoms with Crippen LogP contribution in [0.15, 0.2) is 45.5 Å². The summed E-state index contributed by atoms with van der Waals surface area (Å²) in [6, 6.07) is 9.74. The summed E-state index contributed by atoms with van der Waals surface area (Å²) in [4.78, 5) is 16.3. The second-order valence-electron chi connectivity index (χ2n) is 3.71. The molecule has 1 aromatic carbocycles. The molecule has 2 nitrogen and oxygen atoms in total. The van der Waals surface area contributed by atoms with E-state index in [2.05, 4.69) is 59.4 Å². The lowest BCUT2D eigenvalue weighted by Gasteiger charge is -2.04. The molecule has 0 unspecified atom stereocenters. The highest BCUT2D eigenvalue weighted by Gasteiger charge is 2.12. The zero-order valence-electron chi connectivity index (χ0n) is 9.16. The minimum absolute atomic E-state index is 0.00980. The molecule has 0 N–H and O–H groups in total. The van der Waals surface area contributed by atoms with E-state index < -0.39 is 0 Å². The SMILES string of the molecule is O=C(Cc1ccc(I)cc1)c1ncc(Br)cc1Br. The van der Waals surface area contributed by atoms with Crippen LogP contribution in [0.1, 0.15) is 16.1 Å². The van der Waals surface area contributed by atoms with Gasteiger partial charge in [0, 0.05) is 25.1 Å². The molecule has 92 valence electrons. The fourth-order valence-electron chi connectivity index (χ4n) is 1.49. The van der Waals surface area contributed by atoms with Gasteiger partial charge in [-0.15, -0.1) is 0 Å². The van der Waals surface area contributed by atoms with Crippen molar-refractivity contribution >= 4 is 60.2 Å². The highest BCUT2D eigenvalue weighted by molar-refractivity contribution is 14.1. The van der Waals surface area contributed by atoms with Gasteiger partial charge in [0.25, 0.3) is 0 Å². The molecule has 0 fully saturated rings. The maximum atomic E-state index is 12.1. The first kappa shape index (κ1) is 14.1. The Morgan fingerprint density at radius 1 is 1.22 bits per heavy atom. The van der Waals surface area contributed by atoms with Crippen LogP contribution >= 0.6 is 54.5 Å². The predicted octanol–water partition coefficient (Wildman–Crippen LogP) is 4.64. The highest BCUT2D eigenvalue weighted by Crippen LogP contribution is 2.21. The van der Waals surface area contributed by atoms with Gasteiger partial charge in [0.15, 0.2) is 5.78 Å². The first-order chi connectivity index (χ1) is 8.56. The summed E-state index contributed by atoms with van der Waals surface area (Å²) < 4.78 is 2.72. The van der Waals surface area contributed by atoms with E-state index in [0.717, 1.165) is 13.6 Å². The Morgan fingerprint density at radius 3 is 2.50 bits per heavy atom. The zero-order chi connectivity index (χ0) is 13.1. The Labute approximate surface area is 136 Å².